The number of anilines is 1. The van der Waals surface area contributed by atoms with Gasteiger partial charge in [0.15, 0.2) is 5.76 Å². The van der Waals surface area contributed by atoms with Crippen molar-refractivity contribution in [3.05, 3.63) is 78.1 Å². The third-order valence-electron chi connectivity index (χ3n) is 4.22. The zero-order valence-electron chi connectivity index (χ0n) is 14.9. The number of hydrogen-bond acceptors (Lipinski definition) is 6. The van der Waals surface area contributed by atoms with E-state index in [1.54, 1.807) is 48.7 Å². The van der Waals surface area contributed by atoms with Crippen molar-refractivity contribution in [3.63, 3.8) is 0 Å². The highest BCUT2D eigenvalue weighted by molar-refractivity contribution is 7.92. The average Bonchev–Trinajstić information content (AvgIpc) is 3.40. The lowest BCUT2D eigenvalue weighted by Gasteiger charge is -2.18. The van der Waals surface area contributed by atoms with Crippen LogP contribution >= 0.6 is 0 Å². The molecule has 4 rings (SSSR count). The molecule has 144 valence electrons. The second kappa shape index (κ2) is 7.01. The van der Waals surface area contributed by atoms with E-state index in [9.17, 15) is 13.2 Å². The molecule has 1 atom stereocenters. The lowest BCUT2D eigenvalue weighted by atomic mass is 10.0. The Morgan fingerprint density at radius 2 is 1.93 bits per heavy atom. The minimum absolute atomic E-state index is 0.175. The molecule has 9 heteroatoms. The molecule has 0 aliphatic carbocycles. The zero-order valence-corrected chi connectivity index (χ0v) is 15.7. The zero-order chi connectivity index (χ0) is 19.7. The summed E-state index contributed by atoms with van der Waals surface area (Å²) in [5.74, 6) is 0.393. The topological polar surface area (TPSA) is 105 Å². The first-order valence-corrected chi connectivity index (χ1v) is 10.4. The number of nitrogens with one attached hydrogen (secondary N) is 1. The molecule has 1 aliphatic heterocycles. The summed E-state index contributed by atoms with van der Waals surface area (Å²) in [5.41, 5.74) is 1.77. The molecule has 28 heavy (non-hydrogen) atoms. The summed E-state index contributed by atoms with van der Waals surface area (Å²) in [6, 6.07) is 13.2. The molecule has 1 amide bonds. The van der Waals surface area contributed by atoms with Gasteiger partial charge >= 0.3 is 5.91 Å². The number of nitrogens with zero attached hydrogens (tertiary/aromatic N) is 2. The summed E-state index contributed by atoms with van der Waals surface area (Å²) in [4.78, 5) is 12.8. The number of carbonyl (C=O) groups is 1. The lowest BCUT2D eigenvalue weighted by molar-refractivity contribution is 0.0660. The number of furan rings is 2. The quantitative estimate of drug-likeness (QED) is 0.709. The van der Waals surface area contributed by atoms with Crippen LogP contribution in [0.2, 0.25) is 0 Å². The van der Waals surface area contributed by atoms with Crippen LogP contribution in [0.5, 0.6) is 0 Å². The number of carbonyl (C=O) groups excluding carboxylic acids is 1. The predicted molar refractivity (Wildman–Crippen MR) is 102 cm³/mol. The van der Waals surface area contributed by atoms with Crippen LogP contribution in [0.1, 0.15) is 34.3 Å². The van der Waals surface area contributed by atoms with Gasteiger partial charge in [-0.25, -0.2) is 13.4 Å². The van der Waals surface area contributed by atoms with Crippen molar-refractivity contribution in [2.24, 2.45) is 5.10 Å². The first kappa shape index (κ1) is 18.1. The molecule has 2 aromatic heterocycles. The molecule has 0 spiro atoms. The van der Waals surface area contributed by atoms with Crippen LogP contribution in [-0.2, 0) is 10.0 Å². The largest absolute Gasteiger partial charge is 0.467 e. The van der Waals surface area contributed by atoms with Crippen LogP contribution in [0.15, 0.2) is 75.0 Å². The van der Waals surface area contributed by atoms with Gasteiger partial charge in [0.05, 0.1) is 24.5 Å². The van der Waals surface area contributed by atoms with Crippen LogP contribution in [0.4, 0.5) is 5.69 Å². The van der Waals surface area contributed by atoms with Crippen molar-refractivity contribution >= 4 is 27.3 Å². The Hall–Kier alpha value is -3.33. The molecule has 0 saturated heterocycles. The second-order valence-corrected chi connectivity index (χ2v) is 8.11. The average molecular weight is 399 g/mol. The smallest absolute Gasteiger partial charge is 0.310 e. The molecule has 1 N–H and O–H groups in total. The molecule has 1 aliphatic rings. The minimum atomic E-state index is -3.40. The molecule has 0 fully saturated rings. The van der Waals surface area contributed by atoms with Crippen LogP contribution in [0.25, 0.3) is 0 Å². The summed E-state index contributed by atoms with van der Waals surface area (Å²) in [6.45, 7) is 0. The molecule has 1 aromatic carbocycles. The van der Waals surface area contributed by atoms with E-state index >= 15 is 0 Å². The second-order valence-electron chi connectivity index (χ2n) is 6.36. The number of hydrazone groups is 1. The normalized spacial score (nSPS) is 16.8. The van der Waals surface area contributed by atoms with E-state index in [0.717, 1.165) is 6.26 Å². The molecule has 0 bridgehead atoms. The molecule has 8 nitrogen and oxygen atoms in total. The van der Waals surface area contributed by atoms with Gasteiger partial charge < -0.3 is 8.83 Å². The highest BCUT2D eigenvalue weighted by atomic mass is 32.2. The summed E-state index contributed by atoms with van der Waals surface area (Å²) < 4.78 is 36.2. The van der Waals surface area contributed by atoms with E-state index < -0.39 is 16.1 Å². The van der Waals surface area contributed by atoms with Crippen molar-refractivity contribution < 1.29 is 22.0 Å². The highest BCUT2D eigenvalue weighted by Gasteiger charge is 2.36. The fraction of sp³-hybridized carbons (Fsp3) is 0.158. The van der Waals surface area contributed by atoms with Gasteiger partial charge in [0.25, 0.3) is 0 Å². The number of benzene rings is 1. The standard InChI is InChI=1S/C19H17N3O5S/c1-28(24,25)21-14-6-2-5-13(11-14)15-12-16(17-7-3-9-26-17)22(20-15)19(23)18-8-4-10-27-18/h2-11,16,21H,12H2,1H3/t16-/m1/s1. The minimum Gasteiger partial charge on any atom is -0.467 e. The highest BCUT2D eigenvalue weighted by Crippen LogP contribution is 2.34. The third-order valence-corrected chi connectivity index (χ3v) is 4.83. The molecule has 0 radical (unpaired) electrons. The Kier molecular flexibility index (Phi) is 4.52. The first-order chi connectivity index (χ1) is 13.4. The van der Waals surface area contributed by atoms with Gasteiger partial charge in [-0.2, -0.15) is 5.10 Å². The Morgan fingerprint density at radius 3 is 2.61 bits per heavy atom. The van der Waals surface area contributed by atoms with Crippen LogP contribution in [0, 0.1) is 0 Å². The molecule has 3 heterocycles. The number of amides is 1. The van der Waals surface area contributed by atoms with Gasteiger partial charge in [-0.1, -0.05) is 12.1 Å². The van der Waals surface area contributed by atoms with Crippen LogP contribution < -0.4 is 4.72 Å². The van der Waals surface area contributed by atoms with E-state index in [2.05, 4.69) is 9.82 Å². The molecular formula is C19H17N3O5S. The molecule has 3 aromatic rings. The van der Waals surface area contributed by atoms with E-state index in [-0.39, 0.29) is 11.7 Å². The maximum Gasteiger partial charge on any atom is 0.310 e. The van der Waals surface area contributed by atoms with Gasteiger partial charge in [-0.05, 0) is 42.0 Å². The Labute approximate surface area is 161 Å². The summed E-state index contributed by atoms with van der Waals surface area (Å²) >= 11 is 0. The van der Waals surface area contributed by atoms with Gasteiger partial charge in [-0.15, -0.1) is 0 Å². The van der Waals surface area contributed by atoms with Gasteiger partial charge in [0, 0.05) is 12.1 Å². The number of hydrogen-bond donors (Lipinski definition) is 1. The fourth-order valence-corrected chi connectivity index (χ4v) is 3.62. The maximum absolute atomic E-state index is 12.8. The lowest BCUT2D eigenvalue weighted by Crippen LogP contribution is -2.26. The Balaban J connectivity index is 1.69. The SMILES string of the molecule is CS(=O)(=O)Nc1cccc(C2=NN(C(=O)c3ccco3)[C@@H](c3ccco3)C2)c1. The van der Waals surface area contributed by atoms with Crippen molar-refractivity contribution in [3.8, 4) is 0 Å². The monoisotopic (exact) mass is 399 g/mol. The number of sulfonamides is 1. The molecule has 0 saturated carbocycles. The van der Waals surface area contributed by atoms with E-state index in [1.165, 1.54) is 11.3 Å². The molecular weight excluding hydrogens is 382 g/mol. The summed E-state index contributed by atoms with van der Waals surface area (Å²) in [6.07, 6.45) is 4.47. The van der Waals surface area contributed by atoms with Crippen molar-refractivity contribution in [2.45, 2.75) is 12.5 Å². The summed E-state index contributed by atoms with van der Waals surface area (Å²) in [7, 11) is -3.40. The molecule has 0 unspecified atom stereocenters. The summed E-state index contributed by atoms with van der Waals surface area (Å²) in [5, 5.41) is 5.83. The van der Waals surface area contributed by atoms with Gasteiger partial charge in [0.2, 0.25) is 10.0 Å². The van der Waals surface area contributed by atoms with E-state index in [0.29, 0.717) is 29.1 Å². The predicted octanol–water partition coefficient (Wildman–Crippen LogP) is 3.24. The van der Waals surface area contributed by atoms with Crippen molar-refractivity contribution in [2.75, 3.05) is 11.0 Å². The Morgan fingerprint density at radius 1 is 1.14 bits per heavy atom. The van der Waals surface area contributed by atoms with Crippen molar-refractivity contribution in [1.82, 2.24) is 5.01 Å². The third kappa shape index (κ3) is 3.70. The van der Waals surface area contributed by atoms with E-state index in [1.807, 2.05) is 6.07 Å². The van der Waals surface area contributed by atoms with E-state index in [4.69, 9.17) is 8.83 Å². The van der Waals surface area contributed by atoms with Crippen molar-refractivity contribution in [1.29, 1.82) is 0 Å². The van der Waals surface area contributed by atoms with Gasteiger partial charge in [0.1, 0.15) is 11.8 Å². The number of rotatable bonds is 5. The first-order valence-electron chi connectivity index (χ1n) is 8.47. The fourth-order valence-electron chi connectivity index (χ4n) is 3.06. The maximum atomic E-state index is 12.8. The van der Waals surface area contributed by atoms with Crippen LogP contribution in [0.3, 0.4) is 0 Å². The Bertz CT molecular complexity index is 1120. The van der Waals surface area contributed by atoms with Gasteiger partial charge in [-0.3, -0.25) is 9.52 Å². The van der Waals surface area contributed by atoms with Crippen LogP contribution in [-0.4, -0.2) is 31.3 Å².